The smallest absolute Gasteiger partial charge is 0.148 e. The van der Waals surface area contributed by atoms with Crippen LogP contribution in [0.25, 0.3) is 16.7 Å². The molecule has 0 radical (unpaired) electrons. The van der Waals surface area contributed by atoms with Crippen molar-refractivity contribution in [3.05, 3.63) is 51.6 Å². The molecule has 0 fully saturated rings. The second-order valence-corrected chi connectivity index (χ2v) is 8.04. The molecule has 2 heterocycles. The van der Waals surface area contributed by atoms with Gasteiger partial charge in [0.15, 0.2) is 0 Å². The lowest BCUT2D eigenvalue weighted by atomic mass is 9.93. The predicted octanol–water partition coefficient (Wildman–Crippen LogP) is 6.56. The van der Waals surface area contributed by atoms with Crippen molar-refractivity contribution in [3.8, 4) is 5.69 Å². The molecule has 0 amide bonds. The van der Waals surface area contributed by atoms with Crippen molar-refractivity contribution in [1.29, 1.82) is 0 Å². The van der Waals surface area contributed by atoms with Crippen molar-refractivity contribution in [2.75, 3.05) is 0 Å². The first-order chi connectivity index (χ1) is 12.8. The maximum absolute atomic E-state index is 4.93. The molecule has 0 bridgehead atoms. The Labute approximate surface area is 163 Å². The van der Waals surface area contributed by atoms with E-state index in [1.807, 2.05) is 6.92 Å². The van der Waals surface area contributed by atoms with Crippen LogP contribution in [0.4, 0.5) is 0 Å². The molecule has 3 heteroatoms. The summed E-state index contributed by atoms with van der Waals surface area (Å²) in [6, 6.07) is 4.54. The molecule has 144 valence electrons. The van der Waals surface area contributed by atoms with E-state index >= 15 is 0 Å². The molecule has 1 unspecified atom stereocenters. The third-order valence-electron chi connectivity index (χ3n) is 5.87. The van der Waals surface area contributed by atoms with Crippen molar-refractivity contribution in [2.45, 2.75) is 80.6 Å². The van der Waals surface area contributed by atoms with Crippen LogP contribution >= 0.6 is 0 Å². The predicted molar refractivity (Wildman–Crippen MR) is 115 cm³/mol. The SMILES string of the molecule is CCCC(CC)c1nc(C)nc2c1c(C)c(C)n2-c1c(C)cc(C)cc1C. The fourth-order valence-electron chi connectivity index (χ4n) is 4.58. The zero-order valence-corrected chi connectivity index (χ0v) is 18.2. The molecule has 0 aliphatic carbocycles. The van der Waals surface area contributed by atoms with Gasteiger partial charge < -0.3 is 0 Å². The molecule has 3 nitrogen and oxygen atoms in total. The van der Waals surface area contributed by atoms with E-state index < -0.39 is 0 Å². The van der Waals surface area contributed by atoms with Crippen LogP contribution in [0.2, 0.25) is 0 Å². The van der Waals surface area contributed by atoms with Gasteiger partial charge in [-0.05, 0) is 71.1 Å². The van der Waals surface area contributed by atoms with Crippen molar-refractivity contribution in [3.63, 3.8) is 0 Å². The molecular formula is C24H33N3. The number of nitrogens with zero attached hydrogens (tertiary/aromatic N) is 3. The van der Waals surface area contributed by atoms with Gasteiger partial charge in [0.05, 0.1) is 11.4 Å². The standard InChI is InChI=1S/C24H33N3/c1-9-11-20(10-2)22-21-17(6)18(7)27(24(21)26-19(8)25-22)23-15(4)12-14(3)13-16(23)5/h12-13,20H,9-11H2,1-8H3. The average molecular weight is 364 g/mol. The van der Waals surface area contributed by atoms with Crippen molar-refractivity contribution in [1.82, 2.24) is 14.5 Å². The summed E-state index contributed by atoms with van der Waals surface area (Å²) in [6.07, 6.45) is 3.47. The van der Waals surface area contributed by atoms with E-state index in [-0.39, 0.29) is 0 Å². The number of hydrogen-bond donors (Lipinski definition) is 0. The molecule has 1 atom stereocenters. The van der Waals surface area contributed by atoms with Crippen LogP contribution in [0.3, 0.4) is 0 Å². The molecule has 0 aliphatic heterocycles. The zero-order chi connectivity index (χ0) is 19.9. The minimum atomic E-state index is 0.494. The molecular weight excluding hydrogens is 330 g/mol. The van der Waals surface area contributed by atoms with Gasteiger partial charge in [-0.15, -0.1) is 0 Å². The Balaban J connectivity index is 2.41. The van der Waals surface area contributed by atoms with Crippen LogP contribution < -0.4 is 0 Å². The maximum Gasteiger partial charge on any atom is 0.148 e. The van der Waals surface area contributed by atoms with Crippen LogP contribution in [0, 0.1) is 41.5 Å². The Hall–Kier alpha value is -2.16. The van der Waals surface area contributed by atoms with Gasteiger partial charge in [0.2, 0.25) is 0 Å². The Morgan fingerprint density at radius 2 is 1.56 bits per heavy atom. The number of benzene rings is 1. The number of hydrogen-bond acceptors (Lipinski definition) is 2. The summed E-state index contributed by atoms with van der Waals surface area (Å²) >= 11 is 0. The number of rotatable bonds is 5. The fourth-order valence-corrected chi connectivity index (χ4v) is 4.58. The fraction of sp³-hybridized carbons (Fsp3) is 0.500. The first kappa shape index (κ1) is 19.6. The number of aromatic nitrogens is 3. The highest BCUT2D eigenvalue weighted by Gasteiger charge is 2.23. The Bertz CT molecular complexity index is 972. The summed E-state index contributed by atoms with van der Waals surface area (Å²) in [5.41, 5.74) is 10.1. The molecule has 2 aromatic heterocycles. The topological polar surface area (TPSA) is 30.7 Å². The van der Waals surface area contributed by atoms with E-state index in [1.165, 1.54) is 57.6 Å². The largest absolute Gasteiger partial charge is 0.298 e. The number of aryl methyl sites for hydroxylation is 5. The van der Waals surface area contributed by atoms with E-state index in [2.05, 4.69) is 65.2 Å². The highest BCUT2D eigenvalue weighted by Crippen LogP contribution is 2.36. The van der Waals surface area contributed by atoms with E-state index in [0.29, 0.717) is 5.92 Å². The van der Waals surface area contributed by atoms with Crippen LogP contribution in [0.5, 0.6) is 0 Å². The normalized spacial score (nSPS) is 12.7. The molecule has 3 aromatic rings. The third kappa shape index (κ3) is 3.28. The second kappa shape index (κ2) is 7.46. The zero-order valence-electron chi connectivity index (χ0n) is 18.2. The summed E-state index contributed by atoms with van der Waals surface area (Å²) in [7, 11) is 0. The van der Waals surface area contributed by atoms with Gasteiger partial charge >= 0.3 is 0 Å². The summed E-state index contributed by atoms with van der Waals surface area (Å²) < 4.78 is 2.37. The molecule has 0 spiro atoms. The molecule has 3 rings (SSSR count). The van der Waals surface area contributed by atoms with Crippen LogP contribution in [-0.2, 0) is 0 Å². The summed E-state index contributed by atoms with van der Waals surface area (Å²) in [6.45, 7) is 17.6. The minimum absolute atomic E-state index is 0.494. The van der Waals surface area contributed by atoms with Crippen molar-refractivity contribution < 1.29 is 0 Å². The lowest BCUT2D eigenvalue weighted by Gasteiger charge is -2.17. The molecule has 1 aromatic carbocycles. The van der Waals surface area contributed by atoms with Gasteiger partial charge in [-0.25, -0.2) is 9.97 Å². The third-order valence-corrected chi connectivity index (χ3v) is 5.87. The molecule has 0 N–H and O–H groups in total. The molecule has 0 saturated carbocycles. The van der Waals surface area contributed by atoms with E-state index in [0.717, 1.165) is 17.9 Å². The quantitative estimate of drug-likeness (QED) is 0.513. The monoisotopic (exact) mass is 363 g/mol. The van der Waals surface area contributed by atoms with E-state index in [9.17, 15) is 0 Å². The molecule has 27 heavy (non-hydrogen) atoms. The van der Waals surface area contributed by atoms with Crippen molar-refractivity contribution in [2.24, 2.45) is 0 Å². The van der Waals surface area contributed by atoms with Gasteiger partial charge in [0.25, 0.3) is 0 Å². The molecule has 0 aliphatic rings. The van der Waals surface area contributed by atoms with Crippen LogP contribution in [0.1, 0.15) is 78.5 Å². The first-order valence-corrected chi connectivity index (χ1v) is 10.2. The van der Waals surface area contributed by atoms with Gasteiger partial charge in [-0.2, -0.15) is 0 Å². The Morgan fingerprint density at radius 1 is 0.926 bits per heavy atom. The van der Waals surface area contributed by atoms with Gasteiger partial charge in [-0.1, -0.05) is 38.0 Å². The average Bonchev–Trinajstić information content (AvgIpc) is 2.83. The number of fused-ring (bicyclic) bond motifs is 1. The van der Waals surface area contributed by atoms with E-state index in [1.54, 1.807) is 0 Å². The minimum Gasteiger partial charge on any atom is -0.298 e. The van der Waals surface area contributed by atoms with E-state index in [4.69, 9.17) is 9.97 Å². The van der Waals surface area contributed by atoms with Gasteiger partial charge in [0.1, 0.15) is 11.5 Å². The van der Waals surface area contributed by atoms with Crippen molar-refractivity contribution >= 4 is 11.0 Å². The maximum atomic E-state index is 4.93. The van der Waals surface area contributed by atoms with Gasteiger partial charge in [0, 0.05) is 17.0 Å². The second-order valence-electron chi connectivity index (χ2n) is 8.04. The van der Waals surface area contributed by atoms with Crippen LogP contribution in [0.15, 0.2) is 12.1 Å². The van der Waals surface area contributed by atoms with Gasteiger partial charge in [-0.3, -0.25) is 4.57 Å². The summed E-state index contributed by atoms with van der Waals surface area (Å²) in [4.78, 5) is 9.86. The first-order valence-electron chi connectivity index (χ1n) is 10.2. The Morgan fingerprint density at radius 3 is 2.11 bits per heavy atom. The highest BCUT2D eigenvalue weighted by atomic mass is 15.1. The lowest BCUT2D eigenvalue weighted by molar-refractivity contribution is 0.583. The lowest BCUT2D eigenvalue weighted by Crippen LogP contribution is -2.07. The summed E-state index contributed by atoms with van der Waals surface area (Å²) in [5.74, 6) is 1.36. The molecule has 0 saturated heterocycles. The highest BCUT2D eigenvalue weighted by molar-refractivity contribution is 5.87. The summed E-state index contributed by atoms with van der Waals surface area (Å²) in [5, 5.41) is 1.26. The Kier molecular flexibility index (Phi) is 5.41. The van der Waals surface area contributed by atoms with Crippen LogP contribution in [-0.4, -0.2) is 14.5 Å².